The van der Waals surface area contributed by atoms with Crippen molar-refractivity contribution in [2.24, 2.45) is 0 Å². The van der Waals surface area contributed by atoms with Gasteiger partial charge in [-0.1, -0.05) is 6.92 Å². The van der Waals surface area contributed by atoms with E-state index in [2.05, 4.69) is 5.32 Å². The van der Waals surface area contributed by atoms with Crippen LogP contribution in [0.15, 0.2) is 29.2 Å². The number of nitrogens with one attached hydrogen (secondary N) is 1. The average molecular weight is 289 g/mol. The quantitative estimate of drug-likeness (QED) is 0.829. The second kappa shape index (κ2) is 6.89. The van der Waals surface area contributed by atoms with Crippen molar-refractivity contribution in [1.29, 1.82) is 0 Å². The van der Waals surface area contributed by atoms with Gasteiger partial charge in [0.1, 0.15) is 0 Å². The molecule has 102 valence electrons. The Hall–Kier alpha value is -0.880. The van der Waals surface area contributed by atoms with E-state index in [-0.39, 0.29) is 5.75 Å². The van der Waals surface area contributed by atoms with Crippen LogP contribution in [0.1, 0.15) is 13.3 Å². The van der Waals surface area contributed by atoms with Crippen LogP contribution in [0.3, 0.4) is 0 Å². The van der Waals surface area contributed by atoms with Crippen molar-refractivity contribution in [2.45, 2.75) is 18.2 Å². The molecule has 6 heteroatoms. The van der Waals surface area contributed by atoms with Crippen LogP contribution in [0.2, 0.25) is 0 Å². The fraction of sp³-hybridized carbons (Fsp3) is 0.500. The molecule has 0 aromatic heterocycles. The Morgan fingerprint density at radius 1 is 1.22 bits per heavy atom. The maximum Gasteiger partial charge on any atom is 0.178 e. The third kappa shape index (κ3) is 4.78. The Kier molecular flexibility index (Phi) is 5.81. The highest BCUT2D eigenvalue weighted by molar-refractivity contribution is 7.91. The zero-order valence-corrected chi connectivity index (χ0v) is 12.3. The van der Waals surface area contributed by atoms with Gasteiger partial charge in [0.05, 0.1) is 10.6 Å². The van der Waals surface area contributed by atoms with Crippen molar-refractivity contribution in [2.75, 3.05) is 29.6 Å². The summed E-state index contributed by atoms with van der Waals surface area (Å²) in [7, 11) is -3.96. The van der Waals surface area contributed by atoms with E-state index in [9.17, 15) is 12.6 Å². The minimum atomic E-state index is -3.14. The fourth-order valence-corrected chi connectivity index (χ4v) is 3.22. The van der Waals surface area contributed by atoms with Crippen LogP contribution in [0, 0.1) is 0 Å². The van der Waals surface area contributed by atoms with E-state index in [0.717, 1.165) is 5.69 Å². The number of anilines is 1. The molecular weight excluding hydrogens is 270 g/mol. The summed E-state index contributed by atoms with van der Waals surface area (Å²) in [6.07, 6.45) is 2.27. The van der Waals surface area contributed by atoms with Gasteiger partial charge >= 0.3 is 0 Å². The third-order valence-electron chi connectivity index (χ3n) is 2.40. The minimum Gasteiger partial charge on any atom is -0.384 e. The molecule has 0 saturated heterocycles. The van der Waals surface area contributed by atoms with Crippen LogP contribution >= 0.6 is 0 Å². The largest absolute Gasteiger partial charge is 0.384 e. The molecular formula is C12H19NO3S2. The number of rotatable bonds is 7. The van der Waals surface area contributed by atoms with E-state index < -0.39 is 20.6 Å². The summed E-state index contributed by atoms with van der Waals surface area (Å²) in [4.78, 5) is 0.356. The molecule has 1 N–H and O–H groups in total. The molecule has 1 unspecified atom stereocenters. The SMILES string of the molecule is CCCS(=O)(=O)c1ccc(NCCS(C)=O)cc1. The smallest absolute Gasteiger partial charge is 0.178 e. The van der Waals surface area contributed by atoms with Gasteiger partial charge in [-0.3, -0.25) is 4.21 Å². The summed E-state index contributed by atoms with van der Waals surface area (Å²) in [5.74, 6) is 0.754. The lowest BCUT2D eigenvalue weighted by Gasteiger charge is -2.07. The van der Waals surface area contributed by atoms with Gasteiger partial charge < -0.3 is 5.32 Å². The molecule has 1 atom stereocenters. The first kappa shape index (κ1) is 15.2. The zero-order chi connectivity index (χ0) is 13.6. The number of sulfone groups is 1. The molecule has 0 bridgehead atoms. The first-order valence-corrected chi connectivity index (χ1v) is 9.20. The van der Waals surface area contributed by atoms with Gasteiger partial charge in [0.15, 0.2) is 9.84 Å². The first-order valence-electron chi connectivity index (χ1n) is 5.82. The van der Waals surface area contributed by atoms with Gasteiger partial charge in [0, 0.05) is 35.0 Å². The summed E-state index contributed by atoms with van der Waals surface area (Å²) in [5, 5.41) is 3.10. The Labute approximate surface area is 111 Å². The second-order valence-electron chi connectivity index (χ2n) is 4.05. The van der Waals surface area contributed by atoms with E-state index in [0.29, 0.717) is 23.6 Å². The average Bonchev–Trinajstić information content (AvgIpc) is 2.29. The van der Waals surface area contributed by atoms with Crippen LogP contribution in [0.4, 0.5) is 5.69 Å². The van der Waals surface area contributed by atoms with Crippen LogP contribution in [0.25, 0.3) is 0 Å². The lowest BCUT2D eigenvalue weighted by molar-refractivity contribution is 0.594. The lowest BCUT2D eigenvalue weighted by atomic mass is 10.3. The van der Waals surface area contributed by atoms with Gasteiger partial charge in [-0.15, -0.1) is 0 Å². The van der Waals surface area contributed by atoms with Gasteiger partial charge in [0.2, 0.25) is 0 Å². The molecule has 1 aromatic carbocycles. The summed E-state index contributed by atoms with van der Waals surface area (Å²) < 4.78 is 34.5. The molecule has 0 aliphatic heterocycles. The summed E-state index contributed by atoms with van der Waals surface area (Å²) in [5.41, 5.74) is 0.843. The monoisotopic (exact) mass is 289 g/mol. The maximum atomic E-state index is 11.8. The standard InChI is InChI=1S/C12H19NO3S2/c1-3-10-18(15,16)12-6-4-11(5-7-12)13-8-9-17(2)14/h4-7,13H,3,8-10H2,1-2H3. The molecule has 1 aromatic rings. The van der Waals surface area contributed by atoms with Crippen molar-refractivity contribution in [3.05, 3.63) is 24.3 Å². The van der Waals surface area contributed by atoms with Crippen LogP contribution in [-0.2, 0) is 20.6 Å². The van der Waals surface area contributed by atoms with Gasteiger partial charge in [0.25, 0.3) is 0 Å². The lowest BCUT2D eigenvalue weighted by Crippen LogP contribution is -2.10. The van der Waals surface area contributed by atoms with Crippen molar-refractivity contribution in [3.8, 4) is 0 Å². The molecule has 18 heavy (non-hydrogen) atoms. The van der Waals surface area contributed by atoms with Crippen molar-refractivity contribution in [1.82, 2.24) is 0 Å². The van der Waals surface area contributed by atoms with Crippen LogP contribution in [-0.4, -0.2) is 36.9 Å². The molecule has 0 amide bonds. The van der Waals surface area contributed by atoms with Crippen molar-refractivity contribution < 1.29 is 12.6 Å². The molecule has 4 nitrogen and oxygen atoms in total. The third-order valence-corrected chi connectivity index (χ3v) is 5.12. The van der Waals surface area contributed by atoms with E-state index in [1.807, 2.05) is 6.92 Å². The van der Waals surface area contributed by atoms with Gasteiger partial charge in [-0.05, 0) is 30.7 Å². The van der Waals surface area contributed by atoms with E-state index in [1.165, 1.54) is 0 Å². The molecule has 0 aliphatic rings. The Balaban J connectivity index is 2.65. The predicted molar refractivity (Wildman–Crippen MR) is 76.2 cm³/mol. The van der Waals surface area contributed by atoms with Gasteiger partial charge in [-0.25, -0.2) is 8.42 Å². The van der Waals surface area contributed by atoms with Crippen molar-refractivity contribution in [3.63, 3.8) is 0 Å². The molecule has 0 spiro atoms. The van der Waals surface area contributed by atoms with E-state index in [4.69, 9.17) is 0 Å². The van der Waals surface area contributed by atoms with Crippen LogP contribution in [0.5, 0.6) is 0 Å². The van der Waals surface area contributed by atoms with Crippen LogP contribution < -0.4 is 5.32 Å². The molecule has 0 fully saturated rings. The predicted octanol–water partition coefficient (Wildman–Crippen LogP) is 1.66. The van der Waals surface area contributed by atoms with Gasteiger partial charge in [-0.2, -0.15) is 0 Å². The normalized spacial score (nSPS) is 13.2. The number of benzene rings is 1. The second-order valence-corrected chi connectivity index (χ2v) is 7.71. The Morgan fingerprint density at radius 3 is 2.33 bits per heavy atom. The summed E-state index contributed by atoms with van der Waals surface area (Å²) >= 11 is 0. The zero-order valence-electron chi connectivity index (χ0n) is 10.7. The highest BCUT2D eigenvalue weighted by atomic mass is 32.2. The summed E-state index contributed by atoms with van der Waals surface area (Å²) in [6, 6.07) is 6.69. The molecule has 0 heterocycles. The Morgan fingerprint density at radius 2 is 1.83 bits per heavy atom. The van der Waals surface area contributed by atoms with E-state index in [1.54, 1.807) is 30.5 Å². The maximum absolute atomic E-state index is 11.8. The molecule has 0 saturated carbocycles. The van der Waals surface area contributed by atoms with Crippen molar-refractivity contribution >= 4 is 26.3 Å². The highest BCUT2D eigenvalue weighted by Gasteiger charge is 2.12. The minimum absolute atomic E-state index is 0.175. The first-order chi connectivity index (χ1) is 8.45. The molecule has 0 aliphatic carbocycles. The molecule has 0 radical (unpaired) electrons. The topological polar surface area (TPSA) is 63.2 Å². The highest BCUT2D eigenvalue weighted by Crippen LogP contribution is 2.15. The molecule has 1 rings (SSSR count). The summed E-state index contributed by atoms with van der Waals surface area (Å²) in [6.45, 7) is 2.46. The number of hydrogen-bond acceptors (Lipinski definition) is 4. The number of hydrogen-bond donors (Lipinski definition) is 1. The Bertz CT molecular complexity index is 495. The fourth-order valence-electron chi connectivity index (χ4n) is 1.51. The van der Waals surface area contributed by atoms with E-state index >= 15 is 0 Å².